The van der Waals surface area contributed by atoms with Crippen LogP contribution in [-0.4, -0.2) is 0 Å². The number of halogens is 5. The SMILES string of the molecule is [Br-].[Br-].[Br-].[Br-].[Br-].[W+2]. The van der Waals surface area contributed by atoms with Crippen LogP contribution in [0.25, 0.3) is 0 Å². The number of rotatable bonds is 0. The van der Waals surface area contributed by atoms with Crippen molar-refractivity contribution in [3.05, 3.63) is 0 Å². The number of hydrogen-bond donors (Lipinski definition) is 0. The molecule has 0 unspecified atom stereocenters. The van der Waals surface area contributed by atoms with E-state index in [9.17, 15) is 0 Å². The Morgan fingerprint density at radius 3 is 0.333 bits per heavy atom. The van der Waals surface area contributed by atoms with E-state index in [1.165, 1.54) is 0 Å². The zero-order valence-electron chi connectivity index (χ0n) is 2.30. The molecule has 0 aliphatic heterocycles. The Morgan fingerprint density at radius 1 is 0.333 bits per heavy atom. The van der Waals surface area contributed by atoms with Crippen molar-refractivity contribution in [2.24, 2.45) is 0 Å². The van der Waals surface area contributed by atoms with Crippen LogP contribution >= 0.6 is 0 Å². The summed E-state index contributed by atoms with van der Waals surface area (Å²) in [5.41, 5.74) is 0. The van der Waals surface area contributed by atoms with Crippen LogP contribution < -0.4 is 84.9 Å². The van der Waals surface area contributed by atoms with Crippen LogP contribution in [0.3, 0.4) is 0 Å². The van der Waals surface area contributed by atoms with Crippen molar-refractivity contribution >= 4 is 0 Å². The van der Waals surface area contributed by atoms with Crippen LogP contribution in [0.5, 0.6) is 0 Å². The van der Waals surface area contributed by atoms with Crippen molar-refractivity contribution in [2.45, 2.75) is 0 Å². The fourth-order valence-electron chi connectivity index (χ4n) is 0. The van der Waals surface area contributed by atoms with Gasteiger partial charge in [-0.3, -0.25) is 0 Å². The second-order valence-electron chi connectivity index (χ2n) is 0. The van der Waals surface area contributed by atoms with Gasteiger partial charge in [-0.25, -0.2) is 0 Å². The van der Waals surface area contributed by atoms with E-state index < -0.39 is 0 Å². The quantitative estimate of drug-likeness (QED) is 0.266. The predicted octanol–water partition coefficient (Wildman–Crippen LogP) is -15.0. The van der Waals surface area contributed by atoms with Crippen LogP contribution in [-0.2, 0) is 21.1 Å². The molecule has 0 aliphatic rings. The fraction of sp³-hybridized carbons (Fsp3) is 0. The van der Waals surface area contributed by atoms with Gasteiger partial charge in [0.1, 0.15) is 0 Å². The van der Waals surface area contributed by atoms with E-state index in [2.05, 4.69) is 0 Å². The Kier molecular flexibility index (Phi) is 443. The molecule has 0 heterocycles. The molecule has 0 aliphatic carbocycles. The molecule has 0 aromatic carbocycles. The van der Waals surface area contributed by atoms with Crippen LogP contribution in [0.4, 0.5) is 0 Å². The fourth-order valence-corrected chi connectivity index (χ4v) is 0. The van der Waals surface area contributed by atoms with E-state index in [4.69, 9.17) is 0 Å². The van der Waals surface area contributed by atoms with Gasteiger partial charge in [0.15, 0.2) is 0 Å². The van der Waals surface area contributed by atoms with E-state index in [0.29, 0.717) is 0 Å². The average Bonchev–Trinajstić information content (AvgIpc) is 0. The van der Waals surface area contributed by atoms with E-state index in [0.717, 1.165) is 0 Å². The molecule has 0 fully saturated rings. The second-order valence-corrected chi connectivity index (χ2v) is 0. The normalized spacial score (nSPS) is 0. The Balaban J connectivity index is 0. The van der Waals surface area contributed by atoms with E-state index in [1.54, 1.807) is 0 Å². The van der Waals surface area contributed by atoms with Crippen molar-refractivity contribution < 1.29 is 106 Å². The molecular formula is Br5W-3. The van der Waals surface area contributed by atoms with Gasteiger partial charge in [0.05, 0.1) is 0 Å². The molecule has 0 aromatic heterocycles. The second kappa shape index (κ2) is 42.6. The first-order valence-corrected chi connectivity index (χ1v) is 0. The number of hydrogen-bond acceptors (Lipinski definition) is 0. The first-order valence-electron chi connectivity index (χ1n) is 0. The first-order chi connectivity index (χ1) is 0. The minimum Gasteiger partial charge on any atom is -1.00 e. The summed E-state index contributed by atoms with van der Waals surface area (Å²) >= 11 is 0. The van der Waals surface area contributed by atoms with Crippen LogP contribution in [0.2, 0.25) is 0 Å². The molecular weight excluding hydrogens is 583 g/mol. The summed E-state index contributed by atoms with van der Waals surface area (Å²) in [7, 11) is 0. The van der Waals surface area contributed by atoms with Crippen molar-refractivity contribution in [3.63, 3.8) is 0 Å². The van der Waals surface area contributed by atoms with Crippen molar-refractivity contribution in [2.75, 3.05) is 0 Å². The maximum atomic E-state index is 0. The molecule has 0 atom stereocenters. The summed E-state index contributed by atoms with van der Waals surface area (Å²) in [6, 6.07) is 0. The minimum atomic E-state index is 0. The zero-order valence-corrected chi connectivity index (χ0v) is 13.2. The molecule has 44 valence electrons. The predicted molar refractivity (Wildman–Crippen MR) is 0 cm³/mol. The van der Waals surface area contributed by atoms with E-state index in [1.807, 2.05) is 0 Å². The molecule has 0 saturated carbocycles. The molecule has 0 spiro atoms. The van der Waals surface area contributed by atoms with Gasteiger partial charge < -0.3 is 84.9 Å². The van der Waals surface area contributed by atoms with E-state index in [-0.39, 0.29) is 106 Å². The largest absolute Gasteiger partial charge is 2.00 e. The first kappa shape index (κ1) is 62.3. The molecule has 0 nitrogen and oxygen atoms in total. The average molecular weight is 583 g/mol. The Bertz CT molecular complexity index is 3.90. The molecule has 0 saturated heterocycles. The Morgan fingerprint density at radius 2 is 0.333 bits per heavy atom. The zero-order chi connectivity index (χ0) is 0. The molecule has 0 amide bonds. The minimum absolute atomic E-state index is 0. The molecule has 6 heteroatoms. The van der Waals surface area contributed by atoms with Gasteiger partial charge >= 0.3 is 21.1 Å². The van der Waals surface area contributed by atoms with Crippen LogP contribution in [0.1, 0.15) is 0 Å². The molecule has 0 aromatic rings. The van der Waals surface area contributed by atoms with Gasteiger partial charge in [-0.15, -0.1) is 0 Å². The summed E-state index contributed by atoms with van der Waals surface area (Å²) in [5.74, 6) is 0. The maximum Gasteiger partial charge on any atom is 2.00 e. The molecule has 0 N–H and O–H groups in total. The maximum absolute atomic E-state index is 0. The van der Waals surface area contributed by atoms with Crippen LogP contribution in [0.15, 0.2) is 0 Å². The third-order valence-corrected chi connectivity index (χ3v) is 0. The summed E-state index contributed by atoms with van der Waals surface area (Å²) in [6.45, 7) is 0. The van der Waals surface area contributed by atoms with Crippen LogP contribution in [0, 0.1) is 0 Å². The monoisotopic (exact) mass is 579 g/mol. The van der Waals surface area contributed by atoms with Gasteiger partial charge in [0.25, 0.3) is 0 Å². The topological polar surface area (TPSA) is 0 Å². The Hall–Kier alpha value is 3.09. The van der Waals surface area contributed by atoms with Gasteiger partial charge in [-0.1, -0.05) is 0 Å². The van der Waals surface area contributed by atoms with Crippen molar-refractivity contribution in [1.29, 1.82) is 0 Å². The van der Waals surface area contributed by atoms with Crippen molar-refractivity contribution in [3.8, 4) is 0 Å². The summed E-state index contributed by atoms with van der Waals surface area (Å²) in [4.78, 5) is 0. The standard InChI is InChI=1S/5BrH.W/h5*1H;/q;;;;;+2/p-5. The van der Waals surface area contributed by atoms with Crippen molar-refractivity contribution in [1.82, 2.24) is 0 Å². The summed E-state index contributed by atoms with van der Waals surface area (Å²) in [6.07, 6.45) is 0. The molecule has 0 bridgehead atoms. The third-order valence-electron chi connectivity index (χ3n) is 0. The van der Waals surface area contributed by atoms with Gasteiger partial charge in [0, 0.05) is 0 Å². The molecule has 6 heavy (non-hydrogen) atoms. The third kappa shape index (κ3) is 27.5. The van der Waals surface area contributed by atoms with Gasteiger partial charge in [-0.05, 0) is 0 Å². The van der Waals surface area contributed by atoms with Gasteiger partial charge in [-0.2, -0.15) is 0 Å². The smallest absolute Gasteiger partial charge is 1.00 e. The van der Waals surface area contributed by atoms with E-state index >= 15 is 0 Å². The summed E-state index contributed by atoms with van der Waals surface area (Å²) < 4.78 is 0. The molecule has 0 radical (unpaired) electrons. The molecule has 0 rings (SSSR count). The van der Waals surface area contributed by atoms with Gasteiger partial charge in [0.2, 0.25) is 0 Å². The summed E-state index contributed by atoms with van der Waals surface area (Å²) in [5, 5.41) is 0. The Labute approximate surface area is 104 Å².